The molecule has 0 aromatic heterocycles. The molecule has 2 nitrogen and oxygen atoms in total. The van der Waals surface area contributed by atoms with E-state index in [9.17, 15) is 9.18 Å². The van der Waals surface area contributed by atoms with Gasteiger partial charge in [-0.3, -0.25) is 4.39 Å². The summed E-state index contributed by atoms with van der Waals surface area (Å²) in [6.07, 6.45) is 1.96. The van der Waals surface area contributed by atoms with E-state index < -0.39 is 5.97 Å². The van der Waals surface area contributed by atoms with Crippen LogP contribution in [-0.4, -0.2) is 17.8 Å². The molecule has 2 atom stereocenters. The Morgan fingerprint density at radius 1 is 1.33 bits per heavy atom. The van der Waals surface area contributed by atoms with Gasteiger partial charge in [-0.1, -0.05) is 12.1 Å². The first-order valence-electron chi connectivity index (χ1n) is 5.11. The van der Waals surface area contributed by atoms with Crippen molar-refractivity contribution in [2.24, 2.45) is 5.92 Å². The van der Waals surface area contributed by atoms with Crippen molar-refractivity contribution < 1.29 is 14.3 Å². The lowest BCUT2D eigenvalue weighted by Gasteiger charge is -2.35. The van der Waals surface area contributed by atoms with E-state index in [1.54, 1.807) is 24.3 Å². The van der Waals surface area contributed by atoms with Crippen molar-refractivity contribution in [3.05, 3.63) is 35.4 Å². The molecule has 2 rings (SSSR count). The van der Waals surface area contributed by atoms with Gasteiger partial charge in [0.05, 0.1) is 12.2 Å². The second kappa shape index (κ2) is 4.01. The van der Waals surface area contributed by atoms with Crippen molar-refractivity contribution >= 4 is 5.97 Å². The molecular weight excluding hydrogens is 195 g/mol. The van der Waals surface area contributed by atoms with Crippen LogP contribution in [0.3, 0.4) is 0 Å². The van der Waals surface area contributed by atoms with Gasteiger partial charge in [-0.05, 0) is 42.4 Å². The molecular formula is C12H13FO2. The Balaban J connectivity index is 2.13. The molecule has 1 aliphatic carbocycles. The topological polar surface area (TPSA) is 37.3 Å². The minimum atomic E-state index is -0.919. The Bertz CT molecular complexity index is 356. The molecule has 3 heteroatoms. The zero-order valence-electron chi connectivity index (χ0n) is 8.32. The molecule has 0 heterocycles. The highest BCUT2D eigenvalue weighted by atomic mass is 19.1. The van der Waals surface area contributed by atoms with E-state index in [4.69, 9.17) is 5.11 Å². The molecule has 0 amide bonds. The van der Waals surface area contributed by atoms with Crippen LogP contribution in [0.25, 0.3) is 0 Å². The molecule has 0 bridgehead atoms. The molecule has 0 radical (unpaired) electrons. The lowest BCUT2D eigenvalue weighted by molar-refractivity contribution is 0.0697. The van der Waals surface area contributed by atoms with E-state index in [1.807, 2.05) is 0 Å². The minimum Gasteiger partial charge on any atom is -0.478 e. The second-order valence-corrected chi connectivity index (χ2v) is 4.03. The van der Waals surface area contributed by atoms with Gasteiger partial charge in [0.1, 0.15) is 0 Å². The van der Waals surface area contributed by atoms with Crippen molar-refractivity contribution in [2.75, 3.05) is 6.67 Å². The van der Waals surface area contributed by atoms with Gasteiger partial charge in [-0.2, -0.15) is 0 Å². The molecule has 0 spiro atoms. The Kier molecular flexibility index (Phi) is 2.71. The Morgan fingerprint density at radius 3 is 2.40 bits per heavy atom. The molecule has 2 unspecified atom stereocenters. The van der Waals surface area contributed by atoms with Crippen LogP contribution in [0.5, 0.6) is 0 Å². The van der Waals surface area contributed by atoms with E-state index in [0.29, 0.717) is 0 Å². The smallest absolute Gasteiger partial charge is 0.335 e. The third kappa shape index (κ3) is 1.87. The summed E-state index contributed by atoms with van der Waals surface area (Å²) in [6, 6.07) is 6.78. The average molecular weight is 208 g/mol. The summed E-state index contributed by atoms with van der Waals surface area (Å²) in [5.74, 6) is -0.490. The van der Waals surface area contributed by atoms with Crippen molar-refractivity contribution in [3.63, 3.8) is 0 Å². The molecule has 1 fully saturated rings. The second-order valence-electron chi connectivity index (χ2n) is 4.03. The minimum absolute atomic E-state index is 0.140. The lowest BCUT2D eigenvalue weighted by Crippen LogP contribution is -2.25. The fourth-order valence-corrected chi connectivity index (χ4v) is 2.07. The molecule has 80 valence electrons. The number of carboxylic acid groups (broad SMARTS) is 1. The molecule has 1 N–H and O–H groups in total. The van der Waals surface area contributed by atoms with Crippen LogP contribution in [0.1, 0.15) is 34.7 Å². The van der Waals surface area contributed by atoms with E-state index in [-0.39, 0.29) is 24.1 Å². The molecule has 1 aromatic carbocycles. The number of carboxylic acids is 1. The summed E-state index contributed by atoms with van der Waals surface area (Å²) in [5, 5.41) is 8.72. The summed E-state index contributed by atoms with van der Waals surface area (Å²) >= 11 is 0. The zero-order chi connectivity index (χ0) is 10.8. The Morgan fingerprint density at radius 2 is 2.00 bits per heavy atom. The van der Waals surface area contributed by atoms with Gasteiger partial charge in [0.15, 0.2) is 0 Å². The lowest BCUT2D eigenvalue weighted by atomic mass is 9.70. The van der Waals surface area contributed by atoms with Crippen LogP contribution in [0.2, 0.25) is 0 Å². The number of hydrogen-bond donors (Lipinski definition) is 1. The van der Waals surface area contributed by atoms with Gasteiger partial charge in [0.25, 0.3) is 0 Å². The maximum absolute atomic E-state index is 12.5. The SMILES string of the molecule is O=C(O)c1ccc(C2CCC2CF)cc1. The highest BCUT2D eigenvalue weighted by molar-refractivity contribution is 5.87. The van der Waals surface area contributed by atoms with Crippen LogP contribution < -0.4 is 0 Å². The maximum Gasteiger partial charge on any atom is 0.335 e. The van der Waals surface area contributed by atoms with Crippen molar-refractivity contribution in [3.8, 4) is 0 Å². The van der Waals surface area contributed by atoms with Crippen LogP contribution >= 0.6 is 0 Å². The van der Waals surface area contributed by atoms with Crippen molar-refractivity contribution in [2.45, 2.75) is 18.8 Å². The highest BCUT2D eigenvalue weighted by Gasteiger charge is 2.31. The van der Waals surface area contributed by atoms with Crippen LogP contribution in [0.4, 0.5) is 4.39 Å². The van der Waals surface area contributed by atoms with Gasteiger partial charge in [0, 0.05) is 0 Å². The number of hydrogen-bond acceptors (Lipinski definition) is 1. The third-order valence-electron chi connectivity index (χ3n) is 3.20. The van der Waals surface area contributed by atoms with Gasteiger partial charge in [-0.15, -0.1) is 0 Å². The molecule has 15 heavy (non-hydrogen) atoms. The predicted octanol–water partition coefficient (Wildman–Crippen LogP) is 2.85. The maximum atomic E-state index is 12.5. The molecule has 0 saturated heterocycles. The number of alkyl halides is 1. The first-order chi connectivity index (χ1) is 7.22. The van der Waals surface area contributed by atoms with Crippen LogP contribution in [0.15, 0.2) is 24.3 Å². The predicted molar refractivity (Wildman–Crippen MR) is 54.8 cm³/mol. The van der Waals surface area contributed by atoms with E-state index in [0.717, 1.165) is 18.4 Å². The largest absolute Gasteiger partial charge is 0.478 e. The van der Waals surface area contributed by atoms with Crippen molar-refractivity contribution in [1.29, 1.82) is 0 Å². The number of benzene rings is 1. The quantitative estimate of drug-likeness (QED) is 0.829. The van der Waals surface area contributed by atoms with Gasteiger partial charge in [-0.25, -0.2) is 4.79 Å². The van der Waals surface area contributed by atoms with E-state index in [2.05, 4.69) is 0 Å². The highest BCUT2D eigenvalue weighted by Crippen LogP contribution is 2.42. The standard InChI is InChI=1S/C12H13FO2/c13-7-10-5-6-11(10)8-1-3-9(4-2-8)12(14)15/h1-4,10-11H,5-7H2,(H,14,15). The van der Waals surface area contributed by atoms with Crippen LogP contribution in [0, 0.1) is 5.92 Å². The van der Waals surface area contributed by atoms with E-state index >= 15 is 0 Å². The number of carbonyl (C=O) groups is 1. The number of aromatic carboxylic acids is 1. The normalized spacial score (nSPS) is 24.6. The molecule has 1 saturated carbocycles. The summed E-state index contributed by atoms with van der Waals surface area (Å²) in [4.78, 5) is 10.6. The summed E-state index contributed by atoms with van der Waals surface area (Å²) in [6.45, 7) is -0.272. The van der Waals surface area contributed by atoms with Gasteiger partial charge < -0.3 is 5.11 Å². The van der Waals surface area contributed by atoms with Gasteiger partial charge in [0.2, 0.25) is 0 Å². The van der Waals surface area contributed by atoms with Crippen molar-refractivity contribution in [1.82, 2.24) is 0 Å². The monoisotopic (exact) mass is 208 g/mol. The van der Waals surface area contributed by atoms with Crippen LogP contribution in [-0.2, 0) is 0 Å². The first kappa shape index (κ1) is 10.1. The Hall–Kier alpha value is -1.38. The third-order valence-corrected chi connectivity index (χ3v) is 3.20. The van der Waals surface area contributed by atoms with E-state index in [1.165, 1.54) is 0 Å². The van der Waals surface area contributed by atoms with Gasteiger partial charge >= 0.3 is 5.97 Å². The molecule has 1 aromatic rings. The summed E-state index contributed by atoms with van der Waals surface area (Å²) < 4.78 is 12.5. The first-order valence-corrected chi connectivity index (χ1v) is 5.11. The average Bonchev–Trinajstić information content (AvgIpc) is 2.17. The number of rotatable bonds is 3. The fraction of sp³-hybridized carbons (Fsp3) is 0.417. The zero-order valence-corrected chi connectivity index (χ0v) is 8.32. The summed E-state index contributed by atoms with van der Waals surface area (Å²) in [5.41, 5.74) is 1.35. The molecule has 1 aliphatic rings. The fourth-order valence-electron chi connectivity index (χ4n) is 2.07. The Labute approximate surface area is 87.7 Å². The number of halogens is 1. The summed E-state index contributed by atoms with van der Waals surface area (Å²) in [7, 11) is 0. The molecule has 0 aliphatic heterocycles.